The van der Waals surface area contributed by atoms with Crippen LogP contribution in [0.3, 0.4) is 0 Å². The van der Waals surface area contributed by atoms with Gasteiger partial charge in [-0.25, -0.2) is 4.79 Å². The molecule has 0 bridgehead atoms. The minimum Gasteiger partial charge on any atom is -0.496 e. The average Bonchev–Trinajstić information content (AvgIpc) is 2.79. The summed E-state index contributed by atoms with van der Waals surface area (Å²) in [6, 6.07) is 1.31. The van der Waals surface area contributed by atoms with Crippen LogP contribution in [0.4, 0.5) is 0 Å². The van der Waals surface area contributed by atoms with Crippen LogP contribution in [0.2, 0.25) is 0 Å². The molecule has 0 spiro atoms. The van der Waals surface area contributed by atoms with E-state index in [0.29, 0.717) is 11.5 Å². The lowest BCUT2D eigenvalue weighted by Gasteiger charge is -2.28. The molecule has 0 radical (unpaired) electrons. The molecule has 1 saturated heterocycles. The van der Waals surface area contributed by atoms with Crippen LogP contribution in [0, 0.1) is 6.92 Å². The van der Waals surface area contributed by atoms with Crippen LogP contribution < -0.4 is 10.4 Å². The number of ether oxygens (including phenoxy) is 2. The number of aliphatic hydroxyl groups excluding tert-OH is 1. The molecular weight excluding hydrogens is 372 g/mol. The van der Waals surface area contributed by atoms with Crippen LogP contribution in [0.5, 0.6) is 5.75 Å². The van der Waals surface area contributed by atoms with Crippen LogP contribution in [-0.2, 0) is 4.74 Å². The molecule has 6 nitrogen and oxygen atoms in total. The highest BCUT2D eigenvalue weighted by Crippen LogP contribution is 2.39. The third-order valence-corrected chi connectivity index (χ3v) is 5.22. The van der Waals surface area contributed by atoms with Crippen LogP contribution >= 0.6 is 0 Å². The Labute approximate surface area is 171 Å². The Balaban J connectivity index is 2.04. The summed E-state index contributed by atoms with van der Waals surface area (Å²) in [7, 11) is 1.51. The van der Waals surface area contributed by atoms with E-state index in [9.17, 15) is 15.0 Å². The van der Waals surface area contributed by atoms with Crippen LogP contribution in [0.1, 0.15) is 39.0 Å². The SMILES string of the molecule is COc1cc(=O)oc(/C=C/C=C/C=C/C(C)=C/[C@@]2(C)O[C@@H](C)[C@@](C)(O)[C@@H]2O)c1C. The highest BCUT2D eigenvalue weighted by atomic mass is 16.6. The minimum absolute atomic E-state index is 0.445. The zero-order valence-electron chi connectivity index (χ0n) is 17.8. The average molecular weight is 402 g/mol. The Bertz CT molecular complexity index is 902. The van der Waals surface area contributed by atoms with Gasteiger partial charge < -0.3 is 24.1 Å². The van der Waals surface area contributed by atoms with Crippen LogP contribution in [-0.4, -0.2) is 40.7 Å². The molecule has 2 rings (SSSR count). The summed E-state index contributed by atoms with van der Waals surface area (Å²) < 4.78 is 16.1. The van der Waals surface area contributed by atoms with Gasteiger partial charge in [-0.1, -0.05) is 36.0 Å². The van der Waals surface area contributed by atoms with Gasteiger partial charge in [0.25, 0.3) is 0 Å². The van der Waals surface area contributed by atoms with Gasteiger partial charge in [-0.2, -0.15) is 0 Å². The molecule has 0 unspecified atom stereocenters. The summed E-state index contributed by atoms with van der Waals surface area (Å²) in [5.41, 5.74) is -1.08. The van der Waals surface area contributed by atoms with Crippen molar-refractivity contribution in [2.75, 3.05) is 7.11 Å². The molecule has 0 amide bonds. The lowest BCUT2D eigenvalue weighted by atomic mass is 9.86. The van der Waals surface area contributed by atoms with Gasteiger partial charge in [-0.05, 0) is 46.8 Å². The van der Waals surface area contributed by atoms with Gasteiger partial charge >= 0.3 is 5.63 Å². The molecule has 29 heavy (non-hydrogen) atoms. The Morgan fingerprint density at radius 3 is 2.48 bits per heavy atom. The maximum atomic E-state index is 11.5. The van der Waals surface area contributed by atoms with Crippen molar-refractivity contribution in [1.29, 1.82) is 0 Å². The largest absolute Gasteiger partial charge is 0.496 e. The van der Waals surface area contributed by atoms with Gasteiger partial charge in [0.1, 0.15) is 28.8 Å². The fraction of sp³-hybridized carbons (Fsp3) is 0.435. The normalized spacial score (nSPS) is 30.8. The molecule has 0 saturated carbocycles. The van der Waals surface area contributed by atoms with E-state index in [1.807, 2.05) is 38.2 Å². The predicted octanol–water partition coefficient (Wildman–Crippen LogP) is 3.32. The van der Waals surface area contributed by atoms with Crippen LogP contribution in [0.15, 0.2) is 57.3 Å². The maximum Gasteiger partial charge on any atom is 0.339 e. The number of allylic oxidation sites excluding steroid dienone is 6. The Morgan fingerprint density at radius 2 is 1.90 bits per heavy atom. The second-order valence-electron chi connectivity index (χ2n) is 7.69. The summed E-state index contributed by atoms with van der Waals surface area (Å²) in [5.74, 6) is 0.934. The maximum absolute atomic E-state index is 11.5. The van der Waals surface area contributed by atoms with Crippen LogP contribution in [0.25, 0.3) is 6.08 Å². The van der Waals surface area contributed by atoms with Crippen molar-refractivity contribution in [2.24, 2.45) is 0 Å². The predicted molar refractivity (Wildman–Crippen MR) is 113 cm³/mol. The summed E-state index contributed by atoms with van der Waals surface area (Å²) in [6.45, 7) is 8.79. The molecule has 1 aromatic heterocycles. The van der Waals surface area contributed by atoms with E-state index in [4.69, 9.17) is 13.9 Å². The molecule has 2 N–H and O–H groups in total. The fourth-order valence-electron chi connectivity index (χ4n) is 3.38. The summed E-state index contributed by atoms with van der Waals surface area (Å²) in [5, 5.41) is 20.8. The van der Waals surface area contributed by atoms with Crippen molar-refractivity contribution < 1.29 is 24.1 Å². The first-order valence-corrected chi connectivity index (χ1v) is 9.49. The van der Waals surface area contributed by atoms with E-state index in [-0.39, 0.29) is 0 Å². The van der Waals surface area contributed by atoms with E-state index in [1.165, 1.54) is 13.2 Å². The Kier molecular flexibility index (Phi) is 7.06. The number of hydrogen-bond donors (Lipinski definition) is 2. The summed E-state index contributed by atoms with van der Waals surface area (Å²) in [4.78, 5) is 11.5. The van der Waals surface area contributed by atoms with Gasteiger partial charge in [-0.15, -0.1) is 0 Å². The molecule has 158 valence electrons. The highest BCUT2D eigenvalue weighted by Gasteiger charge is 2.55. The van der Waals surface area contributed by atoms with Crippen molar-refractivity contribution in [2.45, 2.75) is 58.0 Å². The standard InChI is InChI=1S/C23H30O6/c1-15(14-22(4)21(25)23(5,26)17(3)29-22)11-9-7-8-10-12-18-16(2)19(27-6)13-20(24)28-18/h7-14,17,21,25-26H,1-6H3/b8-7+,11-9+,12-10+,15-14+/t17-,21+,22+,23+/m0/s1. The molecule has 1 fully saturated rings. The third-order valence-electron chi connectivity index (χ3n) is 5.22. The fourth-order valence-corrected chi connectivity index (χ4v) is 3.38. The van der Waals surface area contributed by atoms with E-state index in [2.05, 4.69) is 0 Å². The molecular formula is C23H30O6. The first kappa shape index (κ1) is 22.9. The highest BCUT2D eigenvalue weighted by molar-refractivity contribution is 5.52. The molecule has 0 aliphatic carbocycles. The molecule has 1 aliphatic heterocycles. The molecule has 1 aliphatic rings. The second-order valence-corrected chi connectivity index (χ2v) is 7.69. The van der Waals surface area contributed by atoms with E-state index in [0.717, 1.165) is 11.1 Å². The van der Waals surface area contributed by atoms with Crippen molar-refractivity contribution in [3.8, 4) is 5.75 Å². The zero-order valence-corrected chi connectivity index (χ0v) is 17.8. The Morgan fingerprint density at radius 1 is 1.24 bits per heavy atom. The van der Waals surface area contributed by atoms with Gasteiger partial charge in [0.15, 0.2) is 0 Å². The molecule has 2 heterocycles. The van der Waals surface area contributed by atoms with Crippen molar-refractivity contribution in [3.63, 3.8) is 0 Å². The quantitative estimate of drug-likeness (QED) is 0.710. The monoisotopic (exact) mass is 402 g/mol. The van der Waals surface area contributed by atoms with Crippen molar-refractivity contribution >= 4 is 6.08 Å². The molecule has 1 aromatic rings. The van der Waals surface area contributed by atoms with Gasteiger partial charge in [-0.3, -0.25) is 0 Å². The minimum atomic E-state index is -1.30. The van der Waals surface area contributed by atoms with E-state index in [1.54, 1.807) is 39.0 Å². The third kappa shape index (κ3) is 5.15. The molecule has 4 atom stereocenters. The van der Waals surface area contributed by atoms with E-state index >= 15 is 0 Å². The number of hydrogen-bond acceptors (Lipinski definition) is 6. The number of methoxy groups -OCH3 is 1. The molecule has 0 aromatic carbocycles. The summed E-state index contributed by atoms with van der Waals surface area (Å²) >= 11 is 0. The summed E-state index contributed by atoms with van der Waals surface area (Å²) in [6.07, 6.45) is 11.1. The lowest BCUT2D eigenvalue weighted by molar-refractivity contribution is -0.0579. The zero-order chi connectivity index (χ0) is 21.8. The smallest absolute Gasteiger partial charge is 0.339 e. The van der Waals surface area contributed by atoms with Gasteiger partial charge in [0.2, 0.25) is 0 Å². The first-order valence-electron chi connectivity index (χ1n) is 9.49. The van der Waals surface area contributed by atoms with Gasteiger partial charge in [0, 0.05) is 5.56 Å². The first-order chi connectivity index (χ1) is 13.5. The van der Waals surface area contributed by atoms with Crippen molar-refractivity contribution in [3.05, 3.63) is 69.8 Å². The Hall–Kier alpha value is -2.41. The lowest BCUT2D eigenvalue weighted by Crippen LogP contribution is -2.47. The van der Waals surface area contributed by atoms with E-state index < -0.39 is 29.0 Å². The number of rotatable bonds is 6. The van der Waals surface area contributed by atoms with Gasteiger partial charge in [0.05, 0.1) is 19.3 Å². The molecule has 6 heteroatoms. The number of aliphatic hydroxyl groups is 2. The topological polar surface area (TPSA) is 89.1 Å². The van der Waals surface area contributed by atoms with Crippen molar-refractivity contribution in [1.82, 2.24) is 0 Å². The second kappa shape index (κ2) is 8.95.